The van der Waals surface area contributed by atoms with Gasteiger partial charge >= 0.3 is 0 Å². The van der Waals surface area contributed by atoms with Crippen LogP contribution >= 0.6 is 0 Å². The van der Waals surface area contributed by atoms with E-state index in [0.29, 0.717) is 12.8 Å². The number of nitrogens with one attached hydrogen (secondary N) is 1. The molecule has 1 aromatic rings. The first-order valence-electron chi connectivity index (χ1n) is 11.9. The van der Waals surface area contributed by atoms with Crippen molar-refractivity contribution in [1.29, 1.82) is 0 Å². The molecule has 0 radical (unpaired) electrons. The number of methoxy groups -OCH3 is 1. The third-order valence-corrected chi connectivity index (χ3v) is 6.33. The monoisotopic (exact) mass is 463 g/mol. The first-order valence-corrected chi connectivity index (χ1v) is 11.9. The smallest absolute Gasteiger partial charge is 0.224 e. The first kappa shape index (κ1) is 23.8. The normalized spacial score (nSPS) is 18.9. The molecule has 0 unspecified atom stereocenters. The van der Waals surface area contributed by atoms with Crippen molar-refractivity contribution in [3.63, 3.8) is 0 Å². The summed E-state index contributed by atoms with van der Waals surface area (Å²) in [6, 6.07) is 7.90. The summed E-state index contributed by atoms with van der Waals surface area (Å²) >= 11 is 0. The Morgan fingerprint density at radius 2 is 2.09 bits per heavy atom. The predicted molar refractivity (Wildman–Crippen MR) is 131 cm³/mol. The number of carbonyl (C=O) groups excluding carboxylic acids is 2. The van der Waals surface area contributed by atoms with Gasteiger partial charge in [0.1, 0.15) is 17.8 Å². The quantitative estimate of drug-likeness (QED) is 0.606. The molecule has 1 saturated heterocycles. The lowest BCUT2D eigenvalue weighted by Gasteiger charge is -2.33. The first-order chi connectivity index (χ1) is 16.6. The van der Waals surface area contributed by atoms with Crippen molar-refractivity contribution >= 4 is 11.7 Å². The van der Waals surface area contributed by atoms with Gasteiger partial charge in [-0.05, 0) is 49.6 Å². The van der Waals surface area contributed by atoms with Crippen molar-refractivity contribution in [2.24, 2.45) is 0 Å². The average Bonchev–Trinajstić information content (AvgIpc) is 2.85. The summed E-state index contributed by atoms with van der Waals surface area (Å²) in [4.78, 5) is 28.7. The Balaban J connectivity index is 1.15. The van der Waals surface area contributed by atoms with E-state index in [1.807, 2.05) is 42.7 Å². The summed E-state index contributed by atoms with van der Waals surface area (Å²) in [5.41, 5.74) is 1.88. The SMILES string of the molecule is COc1cccc(CC(=O)NC2CCN(CCCN3C=COC(C4=CC=CC(=O)C4)=C3)CC2)c1. The molecule has 1 amide bonds. The van der Waals surface area contributed by atoms with Gasteiger partial charge in [-0.2, -0.15) is 0 Å². The molecule has 1 aromatic carbocycles. The van der Waals surface area contributed by atoms with E-state index in [9.17, 15) is 9.59 Å². The van der Waals surface area contributed by atoms with E-state index in [2.05, 4.69) is 15.1 Å². The number of amides is 1. The van der Waals surface area contributed by atoms with Gasteiger partial charge in [-0.15, -0.1) is 0 Å². The van der Waals surface area contributed by atoms with E-state index < -0.39 is 0 Å². The van der Waals surface area contributed by atoms with Crippen molar-refractivity contribution in [3.8, 4) is 5.75 Å². The van der Waals surface area contributed by atoms with Gasteiger partial charge in [0.25, 0.3) is 0 Å². The molecule has 180 valence electrons. The highest BCUT2D eigenvalue weighted by atomic mass is 16.5. The molecule has 0 bridgehead atoms. The number of rotatable bonds is 9. The number of allylic oxidation sites excluding steroid dienone is 4. The van der Waals surface area contributed by atoms with Crippen LogP contribution in [0.1, 0.15) is 31.2 Å². The molecule has 1 aliphatic carbocycles. The van der Waals surface area contributed by atoms with E-state index in [1.165, 1.54) is 0 Å². The Morgan fingerprint density at radius 3 is 2.88 bits per heavy atom. The molecular formula is C27H33N3O4. The number of carbonyl (C=O) groups is 2. The Bertz CT molecular complexity index is 1000. The highest BCUT2D eigenvalue weighted by molar-refractivity contribution is 5.93. The van der Waals surface area contributed by atoms with E-state index in [1.54, 1.807) is 25.5 Å². The molecular weight excluding hydrogens is 430 g/mol. The van der Waals surface area contributed by atoms with Crippen molar-refractivity contribution in [1.82, 2.24) is 15.1 Å². The summed E-state index contributed by atoms with van der Waals surface area (Å²) in [6.07, 6.45) is 14.6. The number of piperidine rings is 1. The van der Waals surface area contributed by atoms with Crippen LogP contribution in [0.15, 0.2) is 72.5 Å². The standard InChI is InChI=1S/C27H33N3O4/c1-33-25-8-2-5-21(17-25)18-27(32)28-23-9-13-29(14-10-23)11-4-12-30-15-16-34-26(20-30)22-6-3-7-24(31)19-22/h2-3,5-8,15-17,20,23H,4,9-14,18-19H2,1H3,(H,28,32). The molecule has 34 heavy (non-hydrogen) atoms. The Kier molecular flexibility index (Phi) is 8.20. The molecule has 2 aliphatic heterocycles. The van der Waals surface area contributed by atoms with Crippen LogP contribution in [0.4, 0.5) is 0 Å². The molecule has 7 nitrogen and oxygen atoms in total. The molecule has 0 aromatic heterocycles. The molecule has 1 fully saturated rings. The van der Waals surface area contributed by atoms with Crippen molar-refractivity contribution < 1.29 is 19.1 Å². The minimum absolute atomic E-state index is 0.0682. The zero-order chi connectivity index (χ0) is 23.8. The van der Waals surface area contributed by atoms with Gasteiger partial charge < -0.3 is 24.6 Å². The van der Waals surface area contributed by atoms with Crippen LogP contribution < -0.4 is 10.1 Å². The number of nitrogens with zero attached hydrogens (tertiary/aromatic N) is 2. The van der Waals surface area contributed by atoms with E-state index in [-0.39, 0.29) is 17.7 Å². The maximum Gasteiger partial charge on any atom is 0.224 e. The van der Waals surface area contributed by atoms with Gasteiger partial charge in [-0.1, -0.05) is 24.3 Å². The second-order valence-corrected chi connectivity index (χ2v) is 8.89. The third-order valence-electron chi connectivity index (χ3n) is 6.33. The van der Waals surface area contributed by atoms with Crippen molar-refractivity contribution in [2.75, 3.05) is 33.3 Å². The van der Waals surface area contributed by atoms with Crippen LogP contribution in [0.3, 0.4) is 0 Å². The number of hydrogen-bond acceptors (Lipinski definition) is 6. The number of ketones is 1. The van der Waals surface area contributed by atoms with Crippen LogP contribution in [-0.4, -0.2) is 60.8 Å². The Labute approximate surface area is 201 Å². The van der Waals surface area contributed by atoms with E-state index >= 15 is 0 Å². The van der Waals surface area contributed by atoms with Crippen LogP contribution in [0, 0.1) is 0 Å². The number of hydrogen-bond donors (Lipinski definition) is 1. The average molecular weight is 464 g/mol. The summed E-state index contributed by atoms with van der Waals surface area (Å²) in [5.74, 6) is 1.68. The van der Waals surface area contributed by atoms with E-state index in [0.717, 1.165) is 68.1 Å². The lowest BCUT2D eigenvalue weighted by Crippen LogP contribution is -2.45. The maximum atomic E-state index is 12.4. The Morgan fingerprint density at radius 1 is 1.24 bits per heavy atom. The highest BCUT2D eigenvalue weighted by Crippen LogP contribution is 2.23. The predicted octanol–water partition coefficient (Wildman–Crippen LogP) is 3.31. The largest absolute Gasteiger partial charge is 0.497 e. The molecule has 7 heteroatoms. The van der Waals surface area contributed by atoms with Crippen molar-refractivity contribution in [3.05, 3.63) is 78.1 Å². The topological polar surface area (TPSA) is 71.1 Å². The fourth-order valence-electron chi connectivity index (χ4n) is 4.47. The zero-order valence-electron chi connectivity index (χ0n) is 19.7. The lowest BCUT2D eigenvalue weighted by molar-refractivity contribution is -0.121. The van der Waals surface area contributed by atoms with Gasteiger partial charge in [-0.25, -0.2) is 0 Å². The second-order valence-electron chi connectivity index (χ2n) is 8.89. The molecule has 3 aliphatic rings. The van der Waals surface area contributed by atoms with E-state index in [4.69, 9.17) is 9.47 Å². The van der Waals surface area contributed by atoms with Gasteiger partial charge in [0.05, 0.1) is 13.5 Å². The van der Waals surface area contributed by atoms with Gasteiger partial charge in [0.2, 0.25) is 5.91 Å². The van der Waals surface area contributed by atoms with Gasteiger partial charge in [-0.3, -0.25) is 9.59 Å². The van der Waals surface area contributed by atoms with Crippen LogP contribution in [0.25, 0.3) is 0 Å². The fraction of sp³-hybridized carbons (Fsp3) is 0.407. The summed E-state index contributed by atoms with van der Waals surface area (Å²) < 4.78 is 10.9. The molecule has 0 atom stereocenters. The molecule has 1 N–H and O–H groups in total. The molecule has 2 heterocycles. The van der Waals surface area contributed by atoms with Crippen LogP contribution in [-0.2, 0) is 20.7 Å². The summed E-state index contributed by atoms with van der Waals surface area (Å²) in [5, 5.41) is 3.19. The fourth-order valence-corrected chi connectivity index (χ4v) is 4.47. The van der Waals surface area contributed by atoms with Gasteiger partial charge in [0.15, 0.2) is 5.78 Å². The third kappa shape index (κ3) is 6.84. The maximum absolute atomic E-state index is 12.4. The van der Waals surface area contributed by atoms with Crippen molar-refractivity contribution in [2.45, 2.75) is 38.1 Å². The molecule has 0 saturated carbocycles. The number of likely N-dealkylation sites (tertiary alicyclic amines) is 1. The highest BCUT2D eigenvalue weighted by Gasteiger charge is 2.21. The Hall–Kier alpha value is -3.32. The van der Waals surface area contributed by atoms with Crippen LogP contribution in [0.2, 0.25) is 0 Å². The van der Waals surface area contributed by atoms with Crippen LogP contribution in [0.5, 0.6) is 5.75 Å². The zero-order valence-corrected chi connectivity index (χ0v) is 19.7. The summed E-state index contributed by atoms with van der Waals surface area (Å²) in [7, 11) is 1.63. The molecule has 0 spiro atoms. The minimum atomic E-state index is 0.0682. The lowest BCUT2D eigenvalue weighted by atomic mass is 10.0. The number of benzene rings is 1. The second kappa shape index (κ2) is 11.7. The minimum Gasteiger partial charge on any atom is -0.497 e. The summed E-state index contributed by atoms with van der Waals surface area (Å²) in [6.45, 7) is 3.89. The molecule has 4 rings (SSSR count). The number of ether oxygens (including phenoxy) is 2. The van der Waals surface area contributed by atoms with Gasteiger partial charge in [0, 0.05) is 50.1 Å².